The van der Waals surface area contributed by atoms with E-state index in [0.29, 0.717) is 11.5 Å². The quantitative estimate of drug-likeness (QED) is 0.565. The molecule has 0 radical (unpaired) electrons. The van der Waals surface area contributed by atoms with Crippen LogP contribution in [-0.4, -0.2) is 21.0 Å². The molecule has 2 aromatic rings. The molecule has 0 spiro atoms. The summed E-state index contributed by atoms with van der Waals surface area (Å²) in [6.07, 6.45) is 3.23. The van der Waals surface area contributed by atoms with Gasteiger partial charge in [-0.3, -0.25) is 15.7 Å². The summed E-state index contributed by atoms with van der Waals surface area (Å²) in [4.78, 5) is 3.86. The van der Waals surface area contributed by atoms with Gasteiger partial charge in [0.15, 0.2) is 0 Å². The summed E-state index contributed by atoms with van der Waals surface area (Å²) in [7, 11) is 0. The zero-order valence-electron chi connectivity index (χ0n) is 8.06. The lowest BCUT2D eigenvalue weighted by atomic mass is 10.2. The van der Waals surface area contributed by atoms with Crippen LogP contribution < -0.4 is 5.32 Å². The average Bonchev–Trinajstić information content (AvgIpc) is 2.65. The number of pyridine rings is 1. The number of nitrogens with one attached hydrogen (secondary N) is 2. The Morgan fingerprint density at radius 3 is 2.67 bits per heavy atom. The maximum Gasteiger partial charge on any atom is 0.321 e. The molecule has 76 valence electrons. The fourth-order valence-electron chi connectivity index (χ4n) is 1.04. The normalized spacial score (nSPS) is 9.93. The van der Waals surface area contributed by atoms with Crippen molar-refractivity contribution in [1.29, 1.82) is 5.41 Å². The summed E-state index contributed by atoms with van der Waals surface area (Å²) in [6, 6.07) is 3.66. The van der Waals surface area contributed by atoms with E-state index in [1.54, 1.807) is 31.5 Å². The predicted octanol–water partition coefficient (Wildman–Crippen LogP) is 1.21. The second kappa shape index (κ2) is 3.87. The van der Waals surface area contributed by atoms with Gasteiger partial charge in [-0.2, -0.15) is 0 Å². The lowest BCUT2D eigenvalue weighted by Gasteiger charge is -2.02. The zero-order valence-corrected chi connectivity index (χ0v) is 8.06. The Morgan fingerprint density at radius 2 is 2.07 bits per heavy atom. The van der Waals surface area contributed by atoms with Crippen LogP contribution in [0.15, 0.2) is 28.9 Å². The van der Waals surface area contributed by atoms with Gasteiger partial charge < -0.3 is 4.42 Å². The van der Waals surface area contributed by atoms with Gasteiger partial charge in [-0.1, -0.05) is 5.10 Å². The van der Waals surface area contributed by atoms with Crippen molar-refractivity contribution in [1.82, 2.24) is 15.2 Å². The highest BCUT2D eigenvalue weighted by molar-refractivity contribution is 6.04. The van der Waals surface area contributed by atoms with Crippen molar-refractivity contribution in [2.75, 3.05) is 5.32 Å². The zero-order chi connectivity index (χ0) is 10.7. The average molecular weight is 203 g/mol. The molecule has 6 nitrogen and oxygen atoms in total. The summed E-state index contributed by atoms with van der Waals surface area (Å²) in [6.45, 7) is 1.69. The Balaban J connectivity index is 2.11. The number of hydrogen-bond acceptors (Lipinski definition) is 5. The van der Waals surface area contributed by atoms with Gasteiger partial charge in [0.25, 0.3) is 0 Å². The van der Waals surface area contributed by atoms with Gasteiger partial charge in [0.1, 0.15) is 5.84 Å². The van der Waals surface area contributed by atoms with Gasteiger partial charge >= 0.3 is 6.01 Å². The van der Waals surface area contributed by atoms with Crippen molar-refractivity contribution in [3.05, 3.63) is 36.0 Å². The van der Waals surface area contributed by atoms with E-state index in [0.717, 1.165) is 0 Å². The van der Waals surface area contributed by atoms with E-state index in [-0.39, 0.29) is 11.9 Å². The molecule has 0 aromatic carbocycles. The van der Waals surface area contributed by atoms with E-state index in [1.165, 1.54) is 0 Å². The highest BCUT2D eigenvalue weighted by Crippen LogP contribution is 2.06. The van der Waals surface area contributed by atoms with Crippen LogP contribution in [0.5, 0.6) is 0 Å². The summed E-state index contributed by atoms with van der Waals surface area (Å²) in [5, 5.41) is 17.8. The molecule has 0 amide bonds. The Kier molecular flexibility index (Phi) is 2.40. The molecule has 6 heteroatoms. The summed E-state index contributed by atoms with van der Waals surface area (Å²) >= 11 is 0. The molecule has 0 atom stereocenters. The Labute approximate surface area is 85.9 Å². The molecule has 0 aliphatic heterocycles. The van der Waals surface area contributed by atoms with Gasteiger partial charge in [-0.05, 0) is 12.1 Å². The Morgan fingerprint density at radius 1 is 1.33 bits per heavy atom. The molecule has 15 heavy (non-hydrogen) atoms. The molecule has 0 unspecified atom stereocenters. The summed E-state index contributed by atoms with van der Waals surface area (Å²) in [5.41, 5.74) is 0.709. The van der Waals surface area contributed by atoms with E-state index < -0.39 is 0 Å². The third-order valence-electron chi connectivity index (χ3n) is 1.73. The molecular formula is C9H9N5O. The number of nitrogens with zero attached hydrogens (tertiary/aromatic N) is 3. The Hall–Kier alpha value is -2.24. The lowest BCUT2D eigenvalue weighted by molar-refractivity contribution is 0.536. The minimum atomic E-state index is 0.195. The van der Waals surface area contributed by atoms with Gasteiger partial charge in [-0.25, -0.2) is 0 Å². The van der Waals surface area contributed by atoms with E-state index in [2.05, 4.69) is 20.5 Å². The molecule has 2 aromatic heterocycles. The number of rotatable bonds is 2. The van der Waals surface area contributed by atoms with Gasteiger partial charge in [0.2, 0.25) is 5.89 Å². The van der Waals surface area contributed by atoms with Crippen LogP contribution in [0.1, 0.15) is 11.5 Å². The molecule has 0 aliphatic carbocycles. The van der Waals surface area contributed by atoms with Gasteiger partial charge in [-0.15, -0.1) is 5.10 Å². The first kappa shape index (κ1) is 9.32. The molecular weight excluding hydrogens is 194 g/mol. The van der Waals surface area contributed by atoms with Gasteiger partial charge in [0, 0.05) is 24.9 Å². The standard InChI is InChI=1S/C9H9N5O/c1-6-13-14-9(15-6)12-8(10)7-2-4-11-5-3-7/h2-5H,1H3,(H2,10,12,14). The van der Waals surface area contributed by atoms with Crippen molar-refractivity contribution in [2.24, 2.45) is 0 Å². The van der Waals surface area contributed by atoms with Crippen LogP contribution >= 0.6 is 0 Å². The van der Waals surface area contributed by atoms with Crippen LogP contribution in [0.25, 0.3) is 0 Å². The van der Waals surface area contributed by atoms with E-state index in [4.69, 9.17) is 9.83 Å². The molecule has 0 aliphatic rings. The van der Waals surface area contributed by atoms with Crippen molar-refractivity contribution in [3.63, 3.8) is 0 Å². The van der Waals surface area contributed by atoms with Crippen molar-refractivity contribution in [3.8, 4) is 0 Å². The largest absolute Gasteiger partial charge is 0.408 e. The molecule has 0 saturated carbocycles. The topological polar surface area (TPSA) is 87.7 Å². The Bertz CT molecular complexity index is 464. The maximum atomic E-state index is 7.71. The van der Waals surface area contributed by atoms with Crippen molar-refractivity contribution >= 4 is 11.9 Å². The van der Waals surface area contributed by atoms with Crippen molar-refractivity contribution in [2.45, 2.75) is 6.92 Å². The highest BCUT2D eigenvalue weighted by atomic mass is 16.4. The van der Waals surface area contributed by atoms with Gasteiger partial charge in [0.05, 0.1) is 0 Å². The molecule has 0 bridgehead atoms. The highest BCUT2D eigenvalue weighted by Gasteiger charge is 2.05. The minimum Gasteiger partial charge on any atom is -0.408 e. The monoisotopic (exact) mass is 203 g/mol. The van der Waals surface area contributed by atoms with Crippen LogP contribution in [0.4, 0.5) is 6.01 Å². The first-order chi connectivity index (χ1) is 7.25. The third-order valence-corrected chi connectivity index (χ3v) is 1.73. The first-order valence-electron chi connectivity index (χ1n) is 4.32. The number of anilines is 1. The molecule has 2 heterocycles. The van der Waals surface area contributed by atoms with Crippen molar-refractivity contribution < 1.29 is 4.42 Å². The first-order valence-corrected chi connectivity index (χ1v) is 4.32. The second-order valence-electron chi connectivity index (χ2n) is 2.86. The third kappa shape index (κ3) is 2.16. The number of aromatic nitrogens is 3. The molecule has 2 rings (SSSR count). The second-order valence-corrected chi connectivity index (χ2v) is 2.86. The molecule has 2 N–H and O–H groups in total. The number of amidine groups is 1. The lowest BCUT2D eigenvalue weighted by Crippen LogP contribution is -2.12. The number of aryl methyl sites for hydroxylation is 1. The van der Waals surface area contributed by atoms with E-state index >= 15 is 0 Å². The van der Waals surface area contributed by atoms with Crippen LogP contribution in [0, 0.1) is 12.3 Å². The maximum absolute atomic E-state index is 7.71. The predicted molar refractivity (Wildman–Crippen MR) is 53.7 cm³/mol. The van der Waals surface area contributed by atoms with E-state index in [9.17, 15) is 0 Å². The molecule has 0 fully saturated rings. The van der Waals surface area contributed by atoms with E-state index in [1.807, 2.05) is 0 Å². The fraction of sp³-hybridized carbons (Fsp3) is 0.111. The van der Waals surface area contributed by atoms with Crippen LogP contribution in [0.2, 0.25) is 0 Å². The summed E-state index contributed by atoms with van der Waals surface area (Å²) in [5.74, 6) is 0.654. The number of hydrogen-bond donors (Lipinski definition) is 2. The smallest absolute Gasteiger partial charge is 0.321 e. The summed E-state index contributed by atoms with van der Waals surface area (Å²) < 4.78 is 5.09. The minimum absolute atomic E-state index is 0.195. The fourth-order valence-corrected chi connectivity index (χ4v) is 1.04. The van der Waals surface area contributed by atoms with Crippen LogP contribution in [0.3, 0.4) is 0 Å². The SMILES string of the molecule is Cc1nnc(NC(=N)c2ccncc2)o1. The molecule has 0 saturated heterocycles. The van der Waals surface area contributed by atoms with Crippen LogP contribution in [-0.2, 0) is 0 Å².